The molecule has 0 amide bonds. The molecule has 1 heterocycles. The Hall–Kier alpha value is -0.160. The zero-order valence-electron chi connectivity index (χ0n) is 8.90. The van der Waals surface area contributed by atoms with Gasteiger partial charge in [-0.1, -0.05) is 13.8 Å². The van der Waals surface area contributed by atoms with Gasteiger partial charge < -0.3 is 0 Å². The SMILES string of the molecule is CC(C)C(C)S(=O)(=O)N1CC[C@H](F)C1. The molecule has 0 bridgehead atoms. The molecule has 14 heavy (non-hydrogen) atoms. The average Bonchev–Trinajstić information content (AvgIpc) is 2.50. The van der Waals surface area contributed by atoms with Crippen molar-refractivity contribution in [2.45, 2.75) is 38.6 Å². The van der Waals surface area contributed by atoms with Gasteiger partial charge in [-0.3, -0.25) is 0 Å². The van der Waals surface area contributed by atoms with E-state index >= 15 is 0 Å². The highest BCUT2D eigenvalue weighted by atomic mass is 32.2. The van der Waals surface area contributed by atoms with Crippen molar-refractivity contribution in [3.8, 4) is 0 Å². The van der Waals surface area contributed by atoms with E-state index in [-0.39, 0.29) is 12.5 Å². The van der Waals surface area contributed by atoms with Crippen molar-refractivity contribution in [1.82, 2.24) is 4.31 Å². The van der Waals surface area contributed by atoms with Crippen molar-refractivity contribution in [3.05, 3.63) is 0 Å². The Labute approximate surface area is 85.3 Å². The summed E-state index contributed by atoms with van der Waals surface area (Å²) >= 11 is 0. The minimum absolute atomic E-state index is 0.0411. The molecule has 3 nitrogen and oxygen atoms in total. The third-order valence-electron chi connectivity index (χ3n) is 2.86. The van der Waals surface area contributed by atoms with Crippen LogP contribution in [0.15, 0.2) is 0 Å². The standard InChI is InChI=1S/C9H18FNO2S/c1-7(2)8(3)14(12,13)11-5-4-9(10)6-11/h7-9H,4-6H2,1-3H3/t8?,9-/m0/s1. The molecule has 5 heteroatoms. The van der Waals surface area contributed by atoms with Crippen LogP contribution in [0, 0.1) is 5.92 Å². The molecule has 1 unspecified atom stereocenters. The first-order valence-electron chi connectivity index (χ1n) is 4.98. The zero-order valence-corrected chi connectivity index (χ0v) is 9.72. The van der Waals surface area contributed by atoms with Crippen LogP contribution >= 0.6 is 0 Å². The molecular formula is C9H18FNO2S. The Bertz CT molecular complexity index is 289. The summed E-state index contributed by atoms with van der Waals surface area (Å²) in [5.41, 5.74) is 0. The molecule has 1 aliphatic heterocycles. The smallest absolute Gasteiger partial charge is 0.217 e. The van der Waals surface area contributed by atoms with Crippen molar-refractivity contribution >= 4 is 10.0 Å². The third kappa shape index (κ3) is 2.25. The van der Waals surface area contributed by atoms with Gasteiger partial charge in [-0.05, 0) is 19.3 Å². The molecule has 1 aliphatic rings. The minimum Gasteiger partial charge on any atom is -0.246 e. The highest BCUT2D eigenvalue weighted by molar-refractivity contribution is 7.89. The van der Waals surface area contributed by atoms with Crippen LogP contribution in [0.3, 0.4) is 0 Å². The molecule has 2 atom stereocenters. The predicted octanol–water partition coefficient (Wildman–Crippen LogP) is 1.40. The predicted molar refractivity (Wildman–Crippen MR) is 54.3 cm³/mol. The molecule has 0 saturated carbocycles. The molecule has 0 spiro atoms. The van der Waals surface area contributed by atoms with Crippen molar-refractivity contribution < 1.29 is 12.8 Å². The quantitative estimate of drug-likeness (QED) is 0.725. The summed E-state index contributed by atoms with van der Waals surface area (Å²) in [5.74, 6) is 0.0682. The normalized spacial score (nSPS) is 27.1. The molecule has 0 aromatic carbocycles. The summed E-state index contributed by atoms with van der Waals surface area (Å²) in [5, 5.41) is -0.423. The highest BCUT2D eigenvalue weighted by Crippen LogP contribution is 2.22. The first-order valence-corrected chi connectivity index (χ1v) is 6.49. The van der Waals surface area contributed by atoms with Crippen molar-refractivity contribution in [2.24, 2.45) is 5.92 Å². The number of nitrogens with zero attached hydrogens (tertiary/aromatic N) is 1. The lowest BCUT2D eigenvalue weighted by molar-refractivity contribution is 0.341. The van der Waals surface area contributed by atoms with Crippen LogP contribution in [0.4, 0.5) is 4.39 Å². The largest absolute Gasteiger partial charge is 0.246 e. The second-order valence-electron chi connectivity index (χ2n) is 4.24. The Morgan fingerprint density at radius 2 is 1.93 bits per heavy atom. The molecule has 0 aromatic heterocycles. The molecule has 1 fully saturated rings. The first kappa shape index (κ1) is 11.9. The molecule has 0 radical (unpaired) electrons. The van der Waals surface area contributed by atoms with Crippen LogP contribution in [0.2, 0.25) is 0 Å². The van der Waals surface area contributed by atoms with Gasteiger partial charge in [0.05, 0.1) is 5.25 Å². The summed E-state index contributed by atoms with van der Waals surface area (Å²) < 4.78 is 37.9. The van der Waals surface area contributed by atoms with Gasteiger partial charge in [-0.2, -0.15) is 4.31 Å². The van der Waals surface area contributed by atoms with Crippen molar-refractivity contribution in [2.75, 3.05) is 13.1 Å². The van der Waals surface area contributed by atoms with Crippen LogP contribution in [0.5, 0.6) is 0 Å². The lowest BCUT2D eigenvalue weighted by Gasteiger charge is -2.23. The van der Waals surface area contributed by atoms with E-state index in [1.54, 1.807) is 6.92 Å². The monoisotopic (exact) mass is 223 g/mol. The Morgan fingerprint density at radius 3 is 2.29 bits per heavy atom. The molecular weight excluding hydrogens is 205 g/mol. The number of alkyl halides is 1. The molecule has 1 saturated heterocycles. The van der Waals surface area contributed by atoms with Gasteiger partial charge in [0.1, 0.15) is 6.17 Å². The Balaban J connectivity index is 2.75. The molecule has 0 aliphatic carbocycles. The van der Waals surface area contributed by atoms with Crippen molar-refractivity contribution in [1.29, 1.82) is 0 Å². The van der Waals surface area contributed by atoms with Gasteiger partial charge in [0.25, 0.3) is 0 Å². The van der Waals surface area contributed by atoms with Gasteiger partial charge in [0.2, 0.25) is 10.0 Å². The number of halogens is 1. The number of rotatable bonds is 3. The van der Waals surface area contributed by atoms with Gasteiger partial charge in [0.15, 0.2) is 0 Å². The van der Waals surface area contributed by atoms with Gasteiger partial charge in [-0.15, -0.1) is 0 Å². The molecule has 1 rings (SSSR count). The number of hydrogen-bond donors (Lipinski definition) is 0. The van der Waals surface area contributed by atoms with E-state index in [9.17, 15) is 12.8 Å². The van der Waals surface area contributed by atoms with Crippen LogP contribution in [0.1, 0.15) is 27.2 Å². The van der Waals surface area contributed by atoms with Gasteiger partial charge in [0, 0.05) is 13.1 Å². The minimum atomic E-state index is -3.28. The van der Waals surface area contributed by atoms with E-state index in [1.165, 1.54) is 4.31 Å². The summed E-state index contributed by atoms with van der Waals surface area (Å²) in [7, 11) is -3.28. The second-order valence-corrected chi connectivity index (χ2v) is 6.53. The molecule has 84 valence electrons. The van der Waals surface area contributed by atoms with E-state index in [4.69, 9.17) is 0 Å². The lowest BCUT2D eigenvalue weighted by atomic mass is 10.2. The van der Waals surface area contributed by atoms with Crippen molar-refractivity contribution in [3.63, 3.8) is 0 Å². The summed E-state index contributed by atoms with van der Waals surface area (Å²) in [4.78, 5) is 0. The second kappa shape index (κ2) is 4.14. The summed E-state index contributed by atoms with van der Waals surface area (Å²) in [6.07, 6.45) is -0.645. The average molecular weight is 223 g/mol. The fourth-order valence-electron chi connectivity index (χ4n) is 1.50. The fraction of sp³-hybridized carbons (Fsp3) is 1.00. The van der Waals surface area contributed by atoms with E-state index in [1.807, 2.05) is 13.8 Å². The zero-order chi connectivity index (χ0) is 10.9. The van der Waals surface area contributed by atoms with E-state index < -0.39 is 21.4 Å². The van der Waals surface area contributed by atoms with Crippen LogP contribution in [-0.2, 0) is 10.0 Å². The lowest BCUT2D eigenvalue weighted by Crippen LogP contribution is -2.38. The molecule has 0 N–H and O–H groups in total. The maximum atomic E-state index is 12.9. The maximum absolute atomic E-state index is 12.9. The van der Waals surface area contributed by atoms with Gasteiger partial charge >= 0.3 is 0 Å². The summed E-state index contributed by atoms with van der Waals surface area (Å²) in [6, 6.07) is 0. The summed E-state index contributed by atoms with van der Waals surface area (Å²) in [6.45, 7) is 5.79. The third-order valence-corrected chi connectivity index (χ3v) is 5.40. The number of hydrogen-bond acceptors (Lipinski definition) is 2. The van der Waals surface area contributed by atoms with E-state index in [0.29, 0.717) is 13.0 Å². The highest BCUT2D eigenvalue weighted by Gasteiger charge is 2.35. The Kier molecular flexibility index (Phi) is 3.53. The van der Waals surface area contributed by atoms with Crippen LogP contribution in [-0.4, -0.2) is 37.2 Å². The van der Waals surface area contributed by atoms with E-state index in [0.717, 1.165) is 0 Å². The van der Waals surface area contributed by atoms with Crippen LogP contribution < -0.4 is 0 Å². The van der Waals surface area contributed by atoms with Crippen LogP contribution in [0.25, 0.3) is 0 Å². The van der Waals surface area contributed by atoms with Gasteiger partial charge in [-0.25, -0.2) is 12.8 Å². The van der Waals surface area contributed by atoms with E-state index in [2.05, 4.69) is 0 Å². The number of sulfonamides is 1. The molecule has 0 aromatic rings. The Morgan fingerprint density at radius 1 is 1.36 bits per heavy atom. The topological polar surface area (TPSA) is 37.4 Å². The maximum Gasteiger partial charge on any atom is 0.217 e. The fourth-order valence-corrected chi connectivity index (χ4v) is 3.39. The first-order chi connectivity index (χ1) is 6.35.